The molecule has 13 heavy (non-hydrogen) atoms. The second-order valence-corrected chi connectivity index (χ2v) is 2.80. The lowest BCUT2D eigenvalue weighted by Gasteiger charge is -2.26. The van der Waals surface area contributed by atoms with Crippen molar-refractivity contribution < 1.29 is 17.7 Å². The van der Waals surface area contributed by atoms with Crippen LogP contribution in [0, 0.1) is 0 Å². The van der Waals surface area contributed by atoms with Gasteiger partial charge in [0, 0.05) is 13.2 Å². The van der Waals surface area contributed by atoms with Gasteiger partial charge in [0.25, 0.3) is 0 Å². The van der Waals surface area contributed by atoms with Gasteiger partial charge in [-0.15, -0.1) is 0 Å². The molecule has 0 unspecified atom stereocenters. The van der Waals surface area contributed by atoms with Crippen molar-refractivity contribution in [1.82, 2.24) is 4.90 Å². The van der Waals surface area contributed by atoms with Crippen molar-refractivity contribution in [2.45, 2.75) is 13.8 Å². The maximum Gasteiger partial charge on any atom is 0.492 e. The van der Waals surface area contributed by atoms with Crippen molar-refractivity contribution in [2.24, 2.45) is 0 Å². The third kappa shape index (κ3) is 8.11. The number of nitrogens with zero attached hydrogens (tertiary/aromatic N) is 1. The highest BCUT2D eigenvalue weighted by molar-refractivity contribution is 6.58. The summed E-state index contributed by atoms with van der Waals surface area (Å²) in [6, 6.07) is 0. The van der Waals surface area contributed by atoms with Crippen LogP contribution in [0.25, 0.3) is 0 Å². The first-order chi connectivity index (χ1) is 5.99. The summed E-state index contributed by atoms with van der Waals surface area (Å²) in [5.74, 6) is 0. The Morgan fingerprint density at radius 2 is 1.85 bits per heavy atom. The van der Waals surface area contributed by atoms with Crippen molar-refractivity contribution in [3.63, 3.8) is 0 Å². The minimum Gasteiger partial charge on any atom is -0.448 e. The van der Waals surface area contributed by atoms with E-state index in [1.807, 2.05) is 6.92 Å². The van der Waals surface area contributed by atoms with Crippen LogP contribution < -0.4 is 0 Å². The van der Waals surface area contributed by atoms with Crippen LogP contribution in [0.1, 0.15) is 13.8 Å². The molecule has 0 amide bonds. The Hall–Kier alpha value is -0.225. The van der Waals surface area contributed by atoms with E-state index in [9.17, 15) is 12.9 Å². The number of hydrogen-bond donors (Lipinski definition) is 0. The van der Waals surface area contributed by atoms with Crippen molar-refractivity contribution in [3.05, 3.63) is 0 Å². The molecule has 0 aromatic carbocycles. The Kier molecular flexibility index (Phi) is 6.15. The van der Waals surface area contributed by atoms with E-state index >= 15 is 0 Å². The van der Waals surface area contributed by atoms with E-state index < -0.39 is 13.4 Å². The fraction of sp³-hybridized carbons (Fsp3) is 1.00. The normalized spacial score (nSPS) is 12.5. The van der Waals surface area contributed by atoms with Crippen LogP contribution in [0.3, 0.4) is 0 Å². The summed E-state index contributed by atoms with van der Waals surface area (Å²) >= 11 is 0. The van der Waals surface area contributed by atoms with Gasteiger partial charge in [-0.05, 0) is 19.9 Å². The molecule has 0 fully saturated rings. The highest BCUT2D eigenvalue weighted by Crippen LogP contribution is 2.09. The summed E-state index contributed by atoms with van der Waals surface area (Å²) in [7, 11) is 0. The first-order valence-corrected chi connectivity index (χ1v) is 4.50. The van der Waals surface area contributed by atoms with E-state index in [0.29, 0.717) is 26.3 Å². The summed E-state index contributed by atoms with van der Waals surface area (Å²) in [6.45, 7) is 0.521. The van der Waals surface area contributed by atoms with Gasteiger partial charge in [0.15, 0.2) is 0 Å². The third-order valence-electron chi connectivity index (χ3n) is 1.67. The molecule has 0 aromatic heterocycles. The zero-order valence-corrected chi connectivity index (χ0v) is 8.10. The maximum atomic E-state index is 12.0. The van der Waals surface area contributed by atoms with E-state index in [1.54, 1.807) is 6.92 Å². The number of halogens is 3. The fourth-order valence-electron chi connectivity index (χ4n) is 1.01. The molecule has 0 saturated heterocycles. The van der Waals surface area contributed by atoms with Gasteiger partial charge in [0.05, 0.1) is 6.61 Å². The lowest BCUT2D eigenvalue weighted by molar-refractivity contribution is 0.118. The molecule has 80 valence electrons. The van der Waals surface area contributed by atoms with Crippen LogP contribution in [0.15, 0.2) is 0 Å². The highest BCUT2D eigenvalue weighted by Gasteiger charge is 2.25. The minimum absolute atomic E-state index is 0.353. The molecular formula is C7H16BF3NO-. The summed E-state index contributed by atoms with van der Waals surface area (Å²) < 4.78 is 40.9. The van der Waals surface area contributed by atoms with Gasteiger partial charge in [0.2, 0.25) is 0 Å². The molecule has 0 bridgehead atoms. The summed E-state index contributed by atoms with van der Waals surface area (Å²) in [5, 5.41) is 0. The molecule has 0 saturated carbocycles. The number of rotatable bonds is 7. The highest BCUT2D eigenvalue weighted by atomic mass is 19.4. The van der Waals surface area contributed by atoms with Crippen molar-refractivity contribution in [1.29, 1.82) is 0 Å². The van der Waals surface area contributed by atoms with Crippen LogP contribution in [0.2, 0.25) is 0 Å². The molecule has 0 atom stereocenters. The second kappa shape index (κ2) is 6.26. The Morgan fingerprint density at radius 1 is 1.23 bits per heavy atom. The van der Waals surface area contributed by atoms with Crippen LogP contribution in [0.5, 0.6) is 0 Å². The van der Waals surface area contributed by atoms with E-state index in [-0.39, 0.29) is 0 Å². The van der Waals surface area contributed by atoms with Gasteiger partial charge >= 0.3 is 6.98 Å². The Bertz CT molecular complexity index is 131. The number of ether oxygens (including phenoxy) is 1. The minimum atomic E-state index is -4.70. The molecule has 0 aliphatic carbocycles. The molecule has 2 nitrogen and oxygen atoms in total. The average molecular weight is 198 g/mol. The van der Waals surface area contributed by atoms with Crippen LogP contribution in [0.4, 0.5) is 12.9 Å². The summed E-state index contributed by atoms with van der Waals surface area (Å²) in [5.41, 5.74) is 0. The van der Waals surface area contributed by atoms with Gasteiger partial charge in [-0.2, -0.15) is 0 Å². The Balaban J connectivity index is 3.63. The monoisotopic (exact) mass is 198 g/mol. The largest absolute Gasteiger partial charge is 0.492 e. The number of likely N-dealkylation sites (N-methyl/N-ethyl adjacent to an activating group) is 1. The molecule has 0 N–H and O–H groups in total. The molecule has 0 aliphatic heterocycles. The quantitative estimate of drug-likeness (QED) is 0.456. The SMILES string of the molecule is CCOCCN(CC)C[B-](F)(F)F. The second-order valence-electron chi connectivity index (χ2n) is 2.80. The van der Waals surface area contributed by atoms with Crippen molar-refractivity contribution in [3.8, 4) is 0 Å². The first-order valence-electron chi connectivity index (χ1n) is 4.50. The topological polar surface area (TPSA) is 12.5 Å². The predicted molar refractivity (Wildman–Crippen MR) is 47.7 cm³/mol. The van der Waals surface area contributed by atoms with Crippen LogP contribution >= 0.6 is 0 Å². The van der Waals surface area contributed by atoms with Gasteiger partial charge < -0.3 is 22.6 Å². The molecule has 0 aromatic rings. The maximum absolute atomic E-state index is 12.0. The van der Waals surface area contributed by atoms with E-state index in [2.05, 4.69) is 0 Å². The van der Waals surface area contributed by atoms with Gasteiger partial charge in [-0.25, -0.2) is 0 Å². The number of hydrogen-bond acceptors (Lipinski definition) is 2. The zero-order valence-electron chi connectivity index (χ0n) is 8.10. The predicted octanol–water partition coefficient (Wildman–Crippen LogP) is 1.73. The standard InChI is InChI=1S/C7H16BF3NO/c1-3-12(5-6-13-4-2)7-8(9,10)11/h3-7H2,1-2H3/q-1. The van der Waals surface area contributed by atoms with E-state index in [4.69, 9.17) is 4.74 Å². The van der Waals surface area contributed by atoms with Crippen molar-refractivity contribution in [2.75, 3.05) is 32.7 Å². The lowest BCUT2D eigenvalue weighted by atomic mass is 9.91. The average Bonchev–Trinajstić information content (AvgIpc) is 2.01. The van der Waals surface area contributed by atoms with Gasteiger partial charge in [0.1, 0.15) is 0 Å². The fourth-order valence-corrected chi connectivity index (χ4v) is 1.01. The van der Waals surface area contributed by atoms with Gasteiger partial charge in [-0.3, -0.25) is 0 Å². The van der Waals surface area contributed by atoms with Crippen LogP contribution in [-0.4, -0.2) is 44.6 Å². The summed E-state index contributed by atoms with van der Waals surface area (Å²) in [4.78, 5) is 1.34. The zero-order chi connectivity index (χ0) is 10.3. The first kappa shape index (κ1) is 12.8. The van der Waals surface area contributed by atoms with E-state index in [1.165, 1.54) is 4.90 Å². The molecule has 0 radical (unpaired) electrons. The lowest BCUT2D eigenvalue weighted by Crippen LogP contribution is -2.39. The molecule has 6 heteroatoms. The van der Waals surface area contributed by atoms with E-state index in [0.717, 1.165) is 0 Å². The summed E-state index contributed by atoms with van der Waals surface area (Å²) in [6.07, 6.45) is -0.788. The molecule has 0 spiro atoms. The van der Waals surface area contributed by atoms with Crippen LogP contribution in [-0.2, 0) is 4.74 Å². The Labute approximate surface area is 77.1 Å². The Morgan fingerprint density at radius 3 is 2.23 bits per heavy atom. The smallest absolute Gasteiger partial charge is 0.448 e. The molecule has 0 heterocycles. The molecule has 0 rings (SSSR count). The molecule has 0 aliphatic rings. The molecular weight excluding hydrogens is 182 g/mol. The third-order valence-corrected chi connectivity index (χ3v) is 1.67. The van der Waals surface area contributed by atoms with Crippen molar-refractivity contribution >= 4 is 6.98 Å². The van der Waals surface area contributed by atoms with Gasteiger partial charge in [-0.1, -0.05) is 6.92 Å².